The lowest BCUT2D eigenvalue weighted by Gasteiger charge is -1.96. The molecule has 0 bridgehead atoms. The number of aryl methyl sites for hydroxylation is 1. The van der Waals surface area contributed by atoms with Gasteiger partial charge >= 0.3 is 0 Å². The first-order valence-electron chi connectivity index (χ1n) is 3.36. The van der Waals surface area contributed by atoms with Crippen LogP contribution in [0.2, 0.25) is 0 Å². The van der Waals surface area contributed by atoms with E-state index in [1.165, 1.54) is 0 Å². The molecule has 0 aromatic heterocycles. The van der Waals surface area contributed by atoms with Gasteiger partial charge < -0.3 is 0 Å². The van der Waals surface area contributed by atoms with Gasteiger partial charge in [-0.3, -0.25) is 0 Å². The van der Waals surface area contributed by atoms with Crippen LogP contribution in [0.15, 0.2) is 24.3 Å². The fourth-order valence-corrected chi connectivity index (χ4v) is 0.938. The lowest BCUT2D eigenvalue weighted by molar-refractivity contribution is 1.13. The van der Waals surface area contributed by atoms with E-state index in [9.17, 15) is 0 Å². The van der Waals surface area contributed by atoms with Gasteiger partial charge in [-0.25, -0.2) is 0 Å². The summed E-state index contributed by atoms with van der Waals surface area (Å²) >= 11 is 0. The van der Waals surface area contributed by atoms with Gasteiger partial charge in [0.15, 0.2) is 0 Å². The fourth-order valence-electron chi connectivity index (χ4n) is 0.938. The maximum atomic E-state index is 8.60. The second kappa shape index (κ2) is 3.03. The van der Waals surface area contributed by atoms with E-state index in [0.29, 0.717) is 0 Å². The van der Waals surface area contributed by atoms with Crippen molar-refractivity contribution in [3.8, 4) is 6.07 Å². The van der Waals surface area contributed by atoms with Gasteiger partial charge in [-0.1, -0.05) is 25.1 Å². The summed E-state index contributed by atoms with van der Waals surface area (Å²) in [7, 11) is 0. The van der Waals surface area contributed by atoms with E-state index in [4.69, 9.17) is 5.26 Å². The van der Waals surface area contributed by atoms with E-state index in [-0.39, 0.29) is 0 Å². The molecule has 1 aromatic carbocycles. The molecule has 0 radical (unpaired) electrons. The summed E-state index contributed by atoms with van der Waals surface area (Å²) in [5.41, 5.74) is 1.93. The number of nitriles is 1. The number of hydrogen-bond donors (Lipinski definition) is 0. The molecule has 0 aliphatic carbocycles. The molecule has 1 heteroatoms. The Bertz CT molecular complexity index is 258. The molecule has 0 fully saturated rings. The second-order valence-electron chi connectivity index (χ2n) is 2.12. The number of benzene rings is 1. The van der Waals surface area contributed by atoms with Crippen molar-refractivity contribution in [2.75, 3.05) is 0 Å². The molecule has 0 saturated heterocycles. The Hall–Kier alpha value is -1.29. The molecule has 0 N–H and O–H groups in total. The summed E-state index contributed by atoms with van der Waals surface area (Å²) in [6, 6.07) is 9.82. The van der Waals surface area contributed by atoms with Crippen molar-refractivity contribution in [3.05, 3.63) is 35.4 Å². The summed E-state index contributed by atoms with van der Waals surface area (Å²) in [4.78, 5) is 0. The Morgan fingerprint density at radius 2 is 2.10 bits per heavy atom. The lowest BCUT2D eigenvalue weighted by Crippen LogP contribution is -1.84. The molecule has 1 rings (SSSR count). The van der Waals surface area contributed by atoms with Gasteiger partial charge in [0.2, 0.25) is 0 Å². The molecule has 0 amide bonds. The smallest absolute Gasteiger partial charge is 0.0994 e. The van der Waals surface area contributed by atoms with Crippen LogP contribution in [-0.4, -0.2) is 0 Å². The minimum atomic E-state index is 0.796. The zero-order chi connectivity index (χ0) is 7.40. The first-order chi connectivity index (χ1) is 4.88. The van der Waals surface area contributed by atoms with E-state index in [1.807, 2.05) is 24.3 Å². The molecular weight excluding hydrogens is 122 g/mol. The van der Waals surface area contributed by atoms with Crippen LogP contribution >= 0.6 is 0 Å². The Labute approximate surface area is 60.9 Å². The predicted octanol–water partition coefficient (Wildman–Crippen LogP) is 2.12. The maximum Gasteiger partial charge on any atom is 0.0994 e. The normalized spacial score (nSPS) is 8.80. The molecule has 10 heavy (non-hydrogen) atoms. The molecule has 0 spiro atoms. The van der Waals surface area contributed by atoms with E-state index in [2.05, 4.69) is 13.0 Å². The molecule has 50 valence electrons. The second-order valence-corrected chi connectivity index (χ2v) is 2.12. The van der Waals surface area contributed by atoms with Gasteiger partial charge in [-0.05, 0) is 18.1 Å². The van der Waals surface area contributed by atoms with Crippen molar-refractivity contribution in [2.24, 2.45) is 0 Å². The van der Waals surface area contributed by atoms with Crippen molar-refractivity contribution >= 4 is 0 Å². The van der Waals surface area contributed by atoms with Crippen LogP contribution in [0.3, 0.4) is 0 Å². The molecule has 0 aliphatic rings. The summed E-state index contributed by atoms with van der Waals surface area (Å²) < 4.78 is 0. The van der Waals surface area contributed by atoms with Crippen molar-refractivity contribution in [1.82, 2.24) is 0 Å². The molecule has 0 heterocycles. The minimum Gasteiger partial charge on any atom is -0.192 e. The largest absolute Gasteiger partial charge is 0.192 e. The summed E-state index contributed by atoms with van der Waals surface area (Å²) in [5, 5.41) is 8.60. The number of rotatable bonds is 1. The summed E-state index contributed by atoms with van der Waals surface area (Å²) in [6.45, 7) is 2.05. The van der Waals surface area contributed by atoms with Crippen molar-refractivity contribution < 1.29 is 0 Å². The SMILES string of the molecule is CCc1ccccc1C#N. The van der Waals surface area contributed by atoms with Gasteiger partial charge in [0, 0.05) is 0 Å². The fraction of sp³-hybridized carbons (Fsp3) is 0.222. The Morgan fingerprint density at radius 3 is 2.60 bits per heavy atom. The number of hydrogen-bond acceptors (Lipinski definition) is 1. The van der Waals surface area contributed by atoms with Crippen LogP contribution in [0.25, 0.3) is 0 Å². The van der Waals surface area contributed by atoms with Gasteiger partial charge in [-0.2, -0.15) is 5.26 Å². The first kappa shape index (κ1) is 6.82. The minimum absolute atomic E-state index is 0.796. The molecule has 0 saturated carbocycles. The highest BCUT2D eigenvalue weighted by Gasteiger charge is 1.94. The Kier molecular flexibility index (Phi) is 2.07. The van der Waals surface area contributed by atoms with E-state index in [1.54, 1.807) is 0 Å². The van der Waals surface area contributed by atoms with E-state index >= 15 is 0 Å². The predicted molar refractivity (Wildman–Crippen MR) is 40.5 cm³/mol. The van der Waals surface area contributed by atoms with Gasteiger partial charge in [0.1, 0.15) is 0 Å². The van der Waals surface area contributed by atoms with Crippen LogP contribution in [-0.2, 0) is 6.42 Å². The lowest BCUT2D eigenvalue weighted by atomic mass is 10.1. The van der Waals surface area contributed by atoms with Crippen LogP contribution in [0.5, 0.6) is 0 Å². The molecule has 0 aliphatic heterocycles. The average molecular weight is 131 g/mol. The van der Waals surface area contributed by atoms with Gasteiger partial charge in [0.05, 0.1) is 11.6 Å². The monoisotopic (exact) mass is 131 g/mol. The van der Waals surface area contributed by atoms with Crippen molar-refractivity contribution in [2.45, 2.75) is 13.3 Å². The highest BCUT2D eigenvalue weighted by Crippen LogP contribution is 2.06. The molecule has 0 unspecified atom stereocenters. The third-order valence-electron chi connectivity index (χ3n) is 1.52. The number of nitrogens with zero attached hydrogens (tertiary/aromatic N) is 1. The highest BCUT2D eigenvalue weighted by atomic mass is 14.2. The first-order valence-corrected chi connectivity index (χ1v) is 3.36. The van der Waals surface area contributed by atoms with Crippen LogP contribution in [0.1, 0.15) is 18.1 Å². The Balaban J connectivity index is 3.12. The van der Waals surface area contributed by atoms with E-state index < -0.39 is 0 Å². The molecule has 1 aromatic rings. The maximum absolute atomic E-state index is 8.60. The molecule has 1 nitrogen and oxygen atoms in total. The van der Waals surface area contributed by atoms with Gasteiger partial charge in [-0.15, -0.1) is 0 Å². The van der Waals surface area contributed by atoms with E-state index in [0.717, 1.165) is 17.5 Å². The molecular formula is C9H9N. The van der Waals surface area contributed by atoms with Crippen molar-refractivity contribution in [3.63, 3.8) is 0 Å². The Morgan fingerprint density at radius 1 is 1.40 bits per heavy atom. The molecule has 0 atom stereocenters. The van der Waals surface area contributed by atoms with Crippen LogP contribution in [0, 0.1) is 11.3 Å². The van der Waals surface area contributed by atoms with Crippen LogP contribution in [0.4, 0.5) is 0 Å². The topological polar surface area (TPSA) is 23.8 Å². The summed E-state index contributed by atoms with van der Waals surface area (Å²) in [6.07, 6.45) is 0.934. The zero-order valence-corrected chi connectivity index (χ0v) is 5.96. The third-order valence-corrected chi connectivity index (χ3v) is 1.52. The summed E-state index contributed by atoms with van der Waals surface area (Å²) in [5.74, 6) is 0. The van der Waals surface area contributed by atoms with Gasteiger partial charge in [0.25, 0.3) is 0 Å². The highest BCUT2D eigenvalue weighted by molar-refractivity contribution is 5.36. The quantitative estimate of drug-likeness (QED) is 0.572. The van der Waals surface area contributed by atoms with Crippen molar-refractivity contribution in [1.29, 1.82) is 5.26 Å². The standard InChI is InChI=1S/C9H9N/c1-2-8-5-3-4-6-9(8)7-10/h3-6H,2H2,1H3. The third kappa shape index (κ3) is 1.16. The average Bonchev–Trinajstić information content (AvgIpc) is 2.04. The zero-order valence-electron chi connectivity index (χ0n) is 5.96. The van der Waals surface area contributed by atoms with Crippen LogP contribution < -0.4 is 0 Å².